The number of nitrogens with one attached hydrogen (secondary N) is 1. The fraction of sp³-hybridized carbons (Fsp3) is 0.750. The molecule has 5 nitrogen and oxygen atoms in total. The average molecular weight is 273 g/mol. The molecule has 1 aromatic rings. The first-order chi connectivity index (χ1) is 8.26. The van der Waals surface area contributed by atoms with Crippen LogP contribution in [0, 0.1) is 13.8 Å². The minimum atomic E-state index is -2.92. The standard InChI is InChI=1S/C12H23N3O2S/c1-6-18(16,17)8-9(2)13-7-12-10(3)14-15(5)11(12)4/h9,13H,6-8H2,1-5H3. The summed E-state index contributed by atoms with van der Waals surface area (Å²) in [6.45, 7) is 8.22. The molecule has 0 amide bonds. The van der Waals surface area contributed by atoms with Gasteiger partial charge in [-0.25, -0.2) is 8.42 Å². The van der Waals surface area contributed by atoms with Crippen LogP contribution < -0.4 is 5.32 Å². The Labute approximate surface area is 109 Å². The van der Waals surface area contributed by atoms with Crippen molar-refractivity contribution in [2.45, 2.75) is 40.3 Å². The van der Waals surface area contributed by atoms with Gasteiger partial charge in [0.15, 0.2) is 9.84 Å². The molecule has 1 unspecified atom stereocenters. The first-order valence-corrected chi connectivity index (χ1v) is 8.01. The van der Waals surface area contributed by atoms with Gasteiger partial charge in [0.05, 0.1) is 11.4 Å². The summed E-state index contributed by atoms with van der Waals surface area (Å²) in [6, 6.07) is -0.0473. The van der Waals surface area contributed by atoms with Gasteiger partial charge in [-0.15, -0.1) is 0 Å². The summed E-state index contributed by atoms with van der Waals surface area (Å²) in [4.78, 5) is 0. The molecule has 6 heteroatoms. The van der Waals surface area contributed by atoms with Crippen molar-refractivity contribution in [3.63, 3.8) is 0 Å². The zero-order chi connectivity index (χ0) is 13.9. The lowest BCUT2D eigenvalue weighted by atomic mass is 10.2. The van der Waals surface area contributed by atoms with Crippen LogP contribution in [0.15, 0.2) is 0 Å². The van der Waals surface area contributed by atoms with Crippen molar-refractivity contribution < 1.29 is 8.42 Å². The zero-order valence-electron chi connectivity index (χ0n) is 11.8. The lowest BCUT2D eigenvalue weighted by molar-refractivity contribution is 0.556. The van der Waals surface area contributed by atoms with E-state index in [1.54, 1.807) is 6.92 Å². The van der Waals surface area contributed by atoms with Gasteiger partial charge in [0.2, 0.25) is 0 Å². The molecule has 0 aliphatic rings. The fourth-order valence-electron chi connectivity index (χ4n) is 1.91. The molecular weight excluding hydrogens is 250 g/mol. The third kappa shape index (κ3) is 3.81. The van der Waals surface area contributed by atoms with Crippen LogP contribution in [0.25, 0.3) is 0 Å². The molecular formula is C12H23N3O2S. The van der Waals surface area contributed by atoms with Gasteiger partial charge < -0.3 is 5.32 Å². The maximum absolute atomic E-state index is 11.5. The lowest BCUT2D eigenvalue weighted by Gasteiger charge is -2.13. The number of nitrogens with zero attached hydrogens (tertiary/aromatic N) is 2. The Bertz CT molecular complexity index is 506. The SMILES string of the molecule is CCS(=O)(=O)CC(C)NCc1c(C)nn(C)c1C. The third-order valence-electron chi connectivity index (χ3n) is 3.23. The molecule has 0 radical (unpaired) electrons. The first kappa shape index (κ1) is 15.2. The van der Waals surface area contributed by atoms with Gasteiger partial charge in [0.25, 0.3) is 0 Å². The van der Waals surface area contributed by atoms with Gasteiger partial charge in [-0.2, -0.15) is 5.10 Å². The van der Waals surface area contributed by atoms with E-state index in [4.69, 9.17) is 0 Å². The molecule has 1 heterocycles. The van der Waals surface area contributed by atoms with E-state index in [0.29, 0.717) is 6.54 Å². The number of hydrogen-bond donors (Lipinski definition) is 1. The third-order valence-corrected chi connectivity index (χ3v) is 5.12. The van der Waals surface area contributed by atoms with Gasteiger partial charge in [0.1, 0.15) is 0 Å². The summed E-state index contributed by atoms with van der Waals surface area (Å²) in [5, 5.41) is 7.59. The van der Waals surface area contributed by atoms with E-state index in [2.05, 4.69) is 10.4 Å². The van der Waals surface area contributed by atoms with E-state index in [0.717, 1.165) is 17.0 Å². The number of aromatic nitrogens is 2. The zero-order valence-corrected chi connectivity index (χ0v) is 12.6. The predicted octanol–water partition coefficient (Wildman–Crippen LogP) is 0.950. The van der Waals surface area contributed by atoms with Crippen molar-refractivity contribution in [3.05, 3.63) is 17.0 Å². The summed E-state index contributed by atoms with van der Waals surface area (Å²) >= 11 is 0. The molecule has 0 saturated heterocycles. The van der Waals surface area contributed by atoms with Crippen LogP contribution in [-0.2, 0) is 23.4 Å². The van der Waals surface area contributed by atoms with Crippen molar-refractivity contribution in [1.29, 1.82) is 0 Å². The molecule has 0 saturated carbocycles. The van der Waals surface area contributed by atoms with Crippen molar-refractivity contribution in [1.82, 2.24) is 15.1 Å². The smallest absolute Gasteiger partial charge is 0.151 e. The van der Waals surface area contributed by atoms with Crippen LogP contribution in [0.4, 0.5) is 0 Å². The quantitative estimate of drug-likeness (QED) is 0.838. The fourth-order valence-corrected chi connectivity index (χ4v) is 3.02. The van der Waals surface area contributed by atoms with Crippen LogP contribution in [-0.4, -0.2) is 35.7 Å². The van der Waals surface area contributed by atoms with E-state index in [1.807, 2.05) is 32.5 Å². The van der Waals surface area contributed by atoms with Crippen molar-refractivity contribution in [2.75, 3.05) is 11.5 Å². The molecule has 1 aromatic heterocycles. The number of aryl methyl sites for hydroxylation is 2. The largest absolute Gasteiger partial charge is 0.309 e. The summed E-state index contributed by atoms with van der Waals surface area (Å²) in [7, 11) is -1.01. The molecule has 1 rings (SSSR count). The highest BCUT2D eigenvalue weighted by atomic mass is 32.2. The number of rotatable bonds is 6. The molecule has 0 bridgehead atoms. The Morgan fingerprint density at radius 1 is 1.39 bits per heavy atom. The maximum Gasteiger partial charge on any atom is 0.151 e. The van der Waals surface area contributed by atoms with E-state index in [1.165, 1.54) is 0 Å². The molecule has 0 spiro atoms. The van der Waals surface area contributed by atoms with E-state index < -0.39 is 9.84 Å². The van der Waals surface area contributed by atoms with Crippen molar-refractivity contribution >= 4 is 9.84 Å². The summed E-state index contributed by atoms with van der Waals surface area (Å²) in [5.41, 5.74) is 3.26. The van der Waals surface area contributed by atoms with E-state index >= 15 is 0 Å². The van der Waals surface area contributed by atoms with Gasteiger partial charge in [0, 0.05) is 36.6 Å². The van der Waals surface area contributed by atoms with E-state index in [9.17, 15) is 8.42 Å². The molecule has 1 atom stereocenters. The van der Waals surface area contributed by atoms with Crippen LogP contribution in [0.3, 0.4) is 0 Å². The second kappa shape index (κ2) is 5.84. The highest BCUT2D eigenvalue weighted by Gasteiger charge is 2.15. The van der Waals surface area contributed by atoms with Crippen LogP contribution >= 0.6 is 0 Å². The molecule has 104 valence electrons. The van der Waals surface area contributed by atoms with Crippen LogP contribution in [0.5, 0.6) is 0 Å². The van der Waals surface area contributed by atoms with Gasteiger partial charge in [-0.3, -0.25) is 4.68 Å². The highest BCUT2D eigenvalue weighted by Crippen LogP contribution is 2.11. The molecule has 0 aromatic carbocycles. The van der Waals surface area contributed by atoms with Gasteiger partial charge in [-0.05, 0) is 20.8 Å². The molecule has 0 aliphatic heterocycles. The Kier molecular flexibility index (Phi) is 4.92. The number of sulfone groups is 1. The Hall–Kier alpha value is -0.880. The van der Waals surface area contributed by atoms with E-state index in [-0.39, 0.29) is 17.5 Å². The molecule has 1 N–H and O–H groups in total. The monoisotopic (exact) mass is 273 g/mol. The molecule has 18 heavy (non-hydrogen) atoms. The van der Waals surface area contributed by atoms with Crippen molar-refractivity contribution in [3.8, 4) is 0 Å². The van der Waals surface area contributed by atoms with Gasteiger partial charge >= 0.3 is 0 Å². The number of hydrogen-bond acceptors (Lipinski definition) is 4. The van der Waals surface area contributed by atoms with Crippen LogP contribution in [0.2, 0.25) is 0 Å². The van der Waals surface area contributed by atoms with Crippen molar-refractivity contribution in [2.24, 2.45) is 7.05 Å². The summed E-state index contributed by atoms with van der Waals surface area (Å²) < 4.78 is 24.9. The lowest BCUT2D eigenvalue weighted by Crippen LogP contribution is -2.33. The minimum absolute atomic E-state index is 0.0473. The normalized spacial score (nSPS) is 13.8. The van der Waals surface area contributed by atoms with Crippen LogP contribution in [0.1, 0.15) is 30.8 Å². The Morgan fingerprint density at radius 2 is 2.00 bits per heavy atom. The highest BCUT2D eigenvalue weighted by molar-refractivity contribution is 7.91. The first-order valence-electron chi connectivity index (χ1n) is 6.19. The predicted molar refractivity (Wildman–Crippen MR) is 73.3 cm³/mol. The Morgan fingerprint density at radius 3 is 2.44 bits per heavy atom. The molecule has 0 fully saturated rings. The maximum atomic E-state index is 11.5. The average Bonchev–Trinajstić information content (AvgIpc) is 2.50. The second-order valence-electron chi connectivity index (χ2n) is 4.75. The minimum Gasteiger partial charge on any atom is -0.309 e. The molecule has 0 aliphatic carbocycles. The topological polar surface area (TPSA) is 64.0 Å². The summed E-state index contributed by atoms with van der Waals surface area (Å²) in [5.74, 6) is 0.381. The summed E-state index contributed by atoms with van der Waals surface area (Å²) in [6.07, 6.45) is 0. The van der Waals surface area contributed by atoms with Gasteiger partial charge in [-0.1, -0.05) is 6.92 Å². The Balaban J connectivity index is 2.60. The second-order valence-corrected chi connectivity index (χ2v) is 7.15.